The fraction of sp³-hybridized carbons (Fsp3) is 0.440. The van der Waals surface area contributed by atoms with Crippen molar-refractivity contribution in [1.82, 2.24) is 9.47 Å². The molecule has 2 heterocycles. The first kappa shape index (κ1) is 24.1. The molecule has 6 nitrogen and oxygen atoms in total. The third-order valence-corrected chi connectivity index (χ3v) is 6.67. The molecule has 32 heavy (non-hydrogen) atoms. The summed E-state index contributed by atoms with van der Waals surface area (Å²) in [5.74, 6) is 1.93. The molecule has 170 valence electrons. The fourth-order valence-electron chi connectivity index (χ4n) is 4.21. The molecule has 0 aliphatic carbocycles. The van der Waals surface area contributed by atoms with Gasteiger partial charge in [-0.3, -0.25) is 9.69 Å². The van der Waals surface area contributed by atoms with Gasteiger partial charge >= 0.3 is 0 Å². The Morgan fingerprint density at radius 1 is 1.31 bits per heavy atom. The molecule has 0 saturated carbocycles. The Labute approximate surface area is 195 Å². The lowest BCUT2D eigenvalue weighted by Gasteiger charge is -2.26. The van der Waals surface area contributed by atoms with Crippen molar-refractivity contribution in [2.45, 2.75) is 33.4 Å². The number of aromatic nitrogens is 1. The number of rotatable bonds is 8. The predicted molar refractivity (Wildman–Crippen MR) is 132 cm³/mol. The van der Waals surface area contributed by atoms with Gasteiger partial charge in [-0.05, 0) is 56.2 Å². The molecule has 1 N–H and O–H groups in total. The summed E-state index contributed by atoms with van der Waals surface area (Å²) >= 11 is 1.99. The highest BCUT2D eigenvalue weighted by Gasteiger charge is 2.16. The summed E-state index contributed by atoms with van der Waals surface area (Å²) in [6, 6.07) is 12.1. The molecule has 1 aliphatic heterocycles. The summed E-state index contributed by atoms with van der Waals surface area (Å²) in [6.45, 7) is 9.75. The van der Waals surface area contributed by atoms with E-state index in [1.807, 2.05) is 49.9 Å². The minimum Gasteiger partial charge on any atom is -0.383 e. The number of amides is 1. The van der Waals surface area contributed by atoms with Crippen LogP contribution in [0.3, 0.4) is 0 Å². The number of thioether (sulfide) groups is 1. The van der Waals surface area contributed by atoms with Crippen molar-refractivity contribution >= 4 is 29.4 Å². The molecule has 1 aromatic heterocycles. The molecule has 1 aliphatic rings. The highest BCUT2D eigenvalue weighted by molar-refractivity contribution is 7.99. The van der Waals surface area contributed by atoms with Crippen molar-refractivity contribution in [2.75, 3.05) is 43.6 Å². The maximum absolute atomic E-state index is 12.8. The summed E-state index contributed by atoms with van der Waals surface area (Å²) in [5, 5.41) is 12.5. The van der Waals surface area contributed by atoms with Crippen molar-refractivity contribution < 1.29 is 9.53 Å². The van der Waals surface area contributed by atoms with Crippen LogP contribution in [0.2, 0.25) is 0 Å². The predicted octanol–water partition coefficient (Wildman–Crippen LogP) is 4.41. The molecule has 3 rings (SSSR count). The van der Waals surface area contributed by atoms with Crippen LogP contribution in [0.5, 0.6) is 0 Å². The Balaban J connectivity index is 1.74. The van der Waals surface area contributed by atoms with Gasteiger partial charge < -0.3 is 14.6 Å². The van der Waals surface area contributed by atoms with E-state index in [0.717, 1.165) is 53.7 Å². The van der Waals surface area contributed by atoms with Crippen LogP contribution >= 0.6 is 11.8 Å². The Morgan fingerprint density at radius 2 is 2.06 bits per heavy atom. The smallest absolute Gasteiger partial charge is 0.266 e. The van der Waals surface area contributed by atoms with Gasteiger partial charge in [0.15, 0.2) is 0 Å². The Bertz CT molecular complexity index is 1020. The van der Waals surface area contributed by atoms with Gasteiger partial charge in [-0.1, -0.05) is 12.1 Å². The number of nitrogens with zero attached hydrogens (tertiary/aromatic N) is 3. The number of ether oxygens (including phenoxy) is 1. The average Bonchev–Trinajstić information content (AvgIpc) is 3.05. The number of nitriles is 1. The largest absolute Gasteiger partial charge is 0.383 e. The van der Waals surface area contributed by atoms with Crippen LogP contribution in [0.25, 0.3) is 6.08 Å². The number of methoxy groups -OCH3 is 1. The highest BCUT2D eigenvalue weighted by atomic mass is 32.2. The van der Waals surface area contributed by atoms with Crippen LogP contribution in [0.1, 0.15) is 35.5 Å². The Morgan fingerprint density at radius 3 is 2.75 bits per heavy atom. The lowest BCUT2D eigenvalue weighted by atomic mass is 10.1. The lowest BCUT2D eigenvalue weighted by molar-refractivity contribution is -0.112. The number of hydrogen-bond acceptors (Lipinski definition) is 5. The van der Waals surface area contributed by atoms with Crippen molar-refractivity contribution in [3.8, 4) is 6.07 Å². The quantitative estimate of drug-likeness (QED) is 0.475. The second-order valence-electron chi connectivity index (χ2n) is 8.21. The van der Waals surface area contributed by atoms with Crippen molar-refractivity contribution in [2.24, 2.45) is 0 Å². The summed E-state index contributed by atoms with van der Waals surface area (Å²) < 4.78 is 7.46. The van der Waals surface area contributed by atoms with Crippen LogP contribution in [-0.2, 0) is 16.1 Å². The van der Waals surface area contributed by atoms with Gasteiger partial charge in [0.1, 0.15) is 11.6 Å². The molecule has 1 saturated heterocycles. The van der Waals surface area contributed by atoms with E-state index in [1.165, 1.54) is 0 Å². The van der Waals surface area contributed by atoms with Crippen LogP contribution in [0.4, 0.5) is 5.69 Å². The zero-order valence-corrected chi connectivity index (χ0v) is 20.2. The number of hydrogen-bond donors (Lipinski definition) is 1. The molecule has 1 atom stereocenters. The number of anilines is 1. The van der Waals surface area contributed by atoms with Crippen molar-refractivity contribution in [3.05, 3.63) is 58.4 Å². The average molecular weight is 453 g/mol. The van der Waals surface area contributed by atoms with Gasteiger partial charge in [-0.15, -0.1) is 0 Å². The monoisotopic (exact) mass is 452 g/mol. The SMILES string of the molecule is COCC(C)n1c(C)cc(/C=C(/C#N)C(=O)Nc2cccc(CN3CCSCC3)c2)c1C. The molecule has 1 fully saturated rings. The zero-order valence-electron chi connectivity index (χ0n) is 19.4. The van der Waals surface area contributed by atoms with Crippen LogP contribution in [0, 0.1) is 25.2 Å². The molecule has 1 aromatic carbocycles. The van der Waals surface area contributed by atoms with E-state index in [-0.39, 0.29) is 11.6 Å². The van der Waals surface area contributed by atoms with Crippen LogP contribution in [0.15, 0.2) is 35.9 Å². The number of carbonyl (C=O) groups excluding carboxylic acids is 1. The maximum Gasteiger partial charge on any atom is 0.266 e. The third-order valence-electron chi connectivity index (χ3n) is 5.73. The number of aryl methyl sites for hydroxylation is 1. The first-order valence-corrected chi connectivity index (χ1v) is 12.1. The summed E-state index contributed by atoms with van der Waals surface area (Å²) in [5.41, 5.74) is 4.90. The highest BCUT2D eigenvalue weighted by Crippen LogP contribution is 2.23. The minimum absolute atomic E-state index is 0.0862. The molecular formula is C25H32N4O2S. The van der Waals surface area contributed by atoms with Crippen molar-refractivity contribution in [3.63, 3.8) is 0 Å². The van der Waals surface area contributed by atoms with E-state index in [2.05, 4.69) is 33.8 Å². The summed E-state index contributed by atoms with van der Waals surface area (Å²) in [4.78, 5) is 15.3. The third kappa shape index (κ3) is 6.04. The Kier molecular flexibility index (Phi) is 8.57. The zero-order chi connectivity index (χ0) is 23.1. The van der Waals surface area contributed by atoms with Crippen molar-refractivity contribution in [1.29, 1.82) is 5.26 Å². The van der Waals surface area contributed by atoms with E-state index in [1.54, 1.807) is 13.2 Å². The summed E-state index contributed by atoms with van der Waals surface area (Å²) in [6.07, 6.45) is 1.67. The molecule has 2 aromatic rings. The molecule has 7 heteroatoms. The fourth-order valence-corrected chi connectivity index (χ4v) is 5.19. The topological polar surface area (TPSA) is 70.3 Å². The summed E-state index contributed by atoms with van der Waals surface area (Å²) in [7, 11) is 1.68. The number of benzene rings is 1. The lowest BCUT2D eigenvalue weighted by Crippen LogP contribution is -2.31. The van der Waals surface area contributed by atoms with E-state index in [0.29, 0.717) is 12.3 Å². The number of nitrogens with one attached hydrogen (secondary N) is 1. The van der Waals surface area contributed by atoms with E-state index >= 15 is 0 Å². The molecule has 1 amide bonds. The minimum atomic E-state index is -0.395. The van der Waals surface area contributed by atoms with E-state index < -0.39 is 5.91 Å². The second kappa shape index (κ2) is 11.4. The van der Waals surface area contributed by atoms with E-state index in [4.69, 9.17) is 4.74 Å². The van der Waals surface area contributed by atoms with Crippen LogP contribution < -0.4 is 5.32 Å². The maximum atomic E-state index is 12.8. The van der Waals surface area contributed by atoms with Gasteiger partial charge in [-0.25, -0.2) is 0 Å². The second-order valence-corrected chi connectivity index (χ2v) is 9.44. The van der Waals surface area contributed by atoms with Gasteiger partial charge in [-0.2, -0.15) is 17.0 Å². The molecule has 1 unspecified atom stereocenters. The van der Waals surface area contributed by atoms with Gasteiger partial charge in [0.2, 0.25) is 0 Å². The van der Waals surface area contributed by atoms with Gasteiger partial charge in [0, 0.05) is 55.3 Å². The first-order chi connectivity index (χ1) is 15.4. The van der Waals surface area contributed by atoms with Gasteiger partial charge in [0.25, 0.3) is 5.91 Å². The molecule has 0 bridgehead atoms. The van der Waals surface area contributed by atoms with E-state index in [9.17, 15) is 10.1 Å². The molecule has 0 radical (unpaired) electrons. The molecule has 0 spiro atoms. The van der Waals surface area contributed by atoms with Gasteiger partial charge in [0.05, 0.1) is 12.6 Å². The normalized spacial score (nSPS) is 15.9. The molecular weight excluding hydrogens is 420 g/mol. The Hall–Kier alpha value is -2.53. The standard InChI is InChI=1S/C25H32N4O2S/c1-18-12-22(20(3)29(18)19(2)17-31-4)14-23(15-26)25(30)27-24-7-5-6-21(13-24)16-28-8-10-32-11-9-28/h5-7,12-14,19H,8-11,16-17H2,1-4H3,(H,27,30)/b23-14-. The first-order valence-electron chi connectivity index (χ1n) is 10.9. The number of carbonyl (C=O) groups is 1. The van der Waals surface area contributed by atoms with Crippen LogP contribution in [-0.4, -0.2) is 53.7 Å².